The summed E-state index contributed by atoms with van der Waals surface area (Å²) in [6.07, 6.45) is 3.65. The molecule has 1 atom stereocenters. The molecule has 0 radical (unpaired) electrons. The quantitative estimate of drug-likeness (QED) is 0.769. The number of aliphatic imine (C=N–C) groups is 1. The summed E-state index contributed by atoms with van der Waals surface area (Å²) in [4.78, 5) is 14.8. The predicted molar refractivity (Wildman–Crippen MR) is 53.0 cm³/mol. The van der Waals surface area contributed by atoms with Crippen LogP contribution in [0.4, 0.5) is 0 Å². The molecule has 1 unspecified atom stereocenters. The number of nitrogens with two attached hydrogens (primary N) is 1. The first kappa shape index (κ1) is 9.70. The highest BCUT2D eigenvalue weighted by Crippen LogP contribution is 2.22. The van der Waals surface area contributed by atoms with E-state index in [2.05, 4.69) is 17.0 Å². The molecule has 6 heteroatoms. The molecular formula is C9H12N4O2. The molecule has 2 heterocycles. The second-order valence-electron chi connectivity index (χ2n) is 3.32. The smallest absolute Gasteiger partial charge is 0.296 e. The summed E-state index contributed by atoms with van der Waals surface area (Å²) in [5, 5.41) is 4.10. The first-order valence-corrected chi connectivity index (χ1v) is 4.77. The highest BCUT2D eigenvalue weighted by Gasteiger charge is 2.30. The number of carbonyl (C=O) groups excluding carboxylic acids is 1. The standard InChI is InChI=1S/C9H12N4O2/c1-2-3-13-5-6(4-11-13)7-8(14)12-9(10)15-7/h4-5,7H,2-3H2,1H3,(H2,10,12,14). The van der Waals surface area contributed by atoms with Crippen LogP contribution in [0.5, 0.6) is 0 Å². The molecule has 0 bridgehead atoms. The Hall–Kier alpha value is -1.85. The van der Waals surface area contributed by atoms with Crippen molar-refractivity contribution in [2.45, 2.75) is 26.0 Å². The molecule has 1 aromatic heterocycles. The summed E-state index contributed by atoms with van der Waals surface area (Å²) in [6.45, 7) is 2.87. The summed E-state index contributed by atoms with van der Waals surface area (Å²) in [7, 11) is 0. The number of rotatable bonds is 3. The van der Waals surface area contributed by atoms with Crippen LogP contribution in [0.1, 0.15) is 25.0 Å². The van der Waals surface area contributed by atoms with Crippen molar-refractivity contribution in [3.05, 3.63) is 18.0 Å². The van der Waals surface area contributed by atoms with Gasteiger partial charge in [-0.05, 0) is 6.42 Å². The van der Waals surface area contributed by atoms with Gasteiger partial charge in [-0.25, -0.2) is 0 Å². The molecule has 15 heavy (non-hydrogen) atoms. The van der Waals surface area contributed by atoms with E-state index in [-0.39, 0.29) is 11.9 Å². The highest BCUT2D eigenvalue weighted by molar-refractivity contribution is 5.98. The fraction of sp³-hybridized carbons (Fsp3) is 0.444. The van der Waals surface area contributed by atoms with Crippen molar-refractivity contribution in [1.82, 2.24) is 9.78 Å². The number of amidine groups is 1. The summed E-state index contributed by atoms with van der Waals surface area (Å²) in [6, 6.07) is -0.0757. The van der Waals surface area contributed by atoms with E-state index in [4.69, 9.17) is 10.5 Å². The van der Waals surface area contributed by atoms with Gasteiger partial charge in [0, 0.05) is 18.3 Å². The third kappa shape index (κ3) is 1.83. The molecule has 2 N–H and O–H groups in total. The number of aromatic nitrogens is 2. The molecular weight excluding hydrogens is 196 g/mol. The van der Waals surface area contributed by atoms with Gasteiger partial charge >= 0.3 is 0 Å². The minimum Gasteiger partial charge on any atom is -0.446 e. The zero-order valence-electron chi connectivity index (χ0n) is 8.38. The van der Waals surface area contributed by atoms with Gasteiger partial charge in [0.1, 0.15) is 0 Å². The van der Waals surface area contributed by atoms with Crippen LogP contribution >= 0.6 is 0 Å². The predicted octanol–water partition coefficient (Wildman–Crippen LogP) is 0.206. The average Bonchev–Trinajstić information content (AvgIpc) is 2.73. The molecule has 1 amide bonds. The highest BCUT2D eigenvalue weighted by atomic mass is 16.5. The van der Waals surface area contributed by atoms with E-state index in [1.807, 2.05) is 0 Å². The van der Waals surface area contributed by atoms with Crippen LogP contribution in [0, 0.1) is 0 Å². The van der Waals surface area contributed by atoms with Crippen molar-refractivity contribution in [1.29, 1.82) is 0 Å². The Labute approximate surface area is 86.7 Å². The first-order chi connectivity index (χ1) is 7.20. The van der Waals surface area contributed by atoms with E-state index in [9.17, 15) is 4.79 Å². The second kappa shape index (κ2) is 3.72. The molecule has 0 spiro atoms. The van der Waals surface area contributed by atoms with Crippen LogP contribution in [0.25, 0.3) is 0 Å². The first-order valence-electron chi connectivity index (χ1n) is 4.77. The molecule has 0 aromatic carbocycles. The molecule has 0 saturated heterocycles. The molecule has 2 rings (SSSR count). The van der Waals surface area contributed by atoms with E-state index in [0.717, 1.165) is 13.0 Å². The molecule has 1 aromatic rings. The number of ether oxygens (including phenoxy) is 1. The number of amides is 1. The Bertz CT molecular complexity index is 410. The van der Waals surface area contributed by atoms with Crippen LogP contribution in [0.15, 0.2) is 17.4 Å². The minimum absolute atomic E-state index is 0.0757. The molecule has 80 valence electrons. The lowest BCUT2D eigenvalue weighted by Crippen LogP contribution is -2.13. The van der Waals surface area contributed by atoms with Crippen molar-refractivity contribution in [3.63, 3.8) is 0 Å². The summed E-state index contributed by atoms with van der Waals surface area (Å²) in [5.74, 6) is -0.372. The van der Waals surface area contributed by atoms with Crippen LogP contribution in [-0.4, -0.2) is 21.7 Å². The van der Waals surface area contributed by atoms with Crippen LogP contribution in [0.2, 0.25) is 0 Å². The van der Waals surface area contributed by atoms with Crippen LogP contribution in [-0.2, 0) is 16.1 Å². The summed E-state index contributed by atoms with van der Waals surface area (Å²) < 4.78 is 6.84. The van der Waals surface area contributed by atoms with Gasteiger partial charge in [-0.2, -0.15) is 10.1 Å². The van der Waals surface area contributed by atoms with Crippen molar-refractivity contribution >= 4 is 11.9 Å². The maximum atomic E-state index is 11.3. The fourth-order valence-electron chi connectivity index (χ4n) is 1.44. The van der Waals surface area contributed by atoms with Gasteiger partial charge in [0.2, 0.25) is 6.10 Å². The Morgan fingerprint density at radius 1 is 1.67 bits per heavy atom. The number of nitrogens with zero attached hydrogens (tertiary/aromatic N) is 3. The molecule has 0 aliphatic carbocycles. The molecule has 6 nitrogen and oxygen atoms in total. The van der Waals surface area contributed by atoms with Crippen molar-refractivity contribution in [2.24, 2.45) is 10.7 Å². The summed E-state index contributed by atoms with van der Waals surface area (Å²) >= 11 is 0. The Morgan fingerprint density at radius 2 is 2.47 bits per heavy atom. The van der Waals surface area contributed by atoms with E-state index < -0.39 is 6.10 Å². The third-order valence-corrected chi connectivity index (χ3v) is 2.09. The Kier molecular flexibility index (Phi) is 2.40. The maximum absolute atomic E-state index is 11.3. The number of aryl methyl sites for hydroxylation is 1. The molecule has 0 fully saturated rings. The van der Waals surface area contributed by atoms with E-state index in [1.165, 1.54) is 0 Å². The summed E-state index contributed by atoms with van der Waals surface area (Å²) in [5.41, 5.74) is 5.99. The van der Waals surface area contributed by atoms with Gasteiger partial charge in [0.05, 0.1) is 6.20 Å². The van der Waals surface area contributed by atoms with E-state index >= 15 is 0 Å². The average molecular weight is 208 g/mol. The van der Waals surface area contributed by atoms with Crippen molar-refractivity contribution in [3.8, 4) is 0 Å². The van der Waals surface area contributed by atoms with E-state index in [1.54, 1.807) is 17.1 Å². The Balaban J connectivity index is 2.14. The van der Waals surface area contributed by atoms with E-state index in [0.29, 0.717) is 5.56 Å². The zero-order chi connectivity index (χ0) is 10.8. The second-order valence-corrected chi connectivity index (χ2v) is 3.32. The van der Waals surface area contributed by atoms with Crippen molar-refractivity contribution < 1.29 is 9.53 Å². The zero-order valence-corrected chi connectivity index (χ0v) is 8.38. The van der Waals surface area contributed by atoms with Gasteiger partial charge < -0.3 is 10.5 Å². The van der Waals surface area contributed by atoms with Gasteiger partial charge in [0.15, 0.2) is 0 Å². The molecule has 1 aliphatic rings. The van der Waals surface area contributed by atoms with Crippen molar-refractivity contribution in [2.75, 3.05) is 0 Å². The van der Waals surface area contributed by atoms with Gasteiger partial charge in [-0.1, -0.05) is 6.92 Å². The minimum atomic E-state index is -0.712. The number of hydrogen-bond acceptors (Lipinski definition) is 4. The third-order valence-electron chi connectivity index (χ3n) is 2.09. The lowest BCUT2D eigenvalue weighted by molar-refractivity contribution is -0.122. The van der Waals surface area contributed by atoms with Crippen LogP contribution < -0.4 is 5.73 Å². The number of hydrogen-bond donors (Lipinski definition) is 1. The number of carbonyl (C=O) groups is 1. The lowest BCUT2D eigenvalue weighted by Gasteiger charge is -2.04. The maximum Gasteiger partial charge on any atom is 0.296 e. The fourth-order valence-corrected chi connectivity index (χ4v) is 1.44. The van der Waals surface area contributed by atoms with Crippen LogP contribution in [0.3, 0.4) is 0 Å². The topological polar surface area (TPSA) is 82.5 Å². The van der Waals surface area contributed by atoms with Gasteiger partial charge in [0.25, 0.3) is 11.9 Å². The molecule has 1 aliphatic heterocycles. The SMILES string of the molecule is CCCn1cc(C2OC(N)=NC2=O)cn1. The monoisotopic (exact) mass is 208 g/mol. The lowest BCUT2D eigenvalue weighted by atomic mass is 10.2. The normalized spacial score (nSPS) is 20.2. The van der Waals surface area contributed by atoms with Gasteiger partial charge in [-0.15, -0.1) is 0 Å². The van der Waals surface area contributed by atoms with Gasteiger partial charge in [-0.3, -0.25) is 9.48 Å². The largest absolute Gasteiger partial charge is 0.446 e. The molecule has 0 saturated carbocycles. The Morgan fingerprint density at radius 3 is 3.07 bits per heavy atom.